The monoisotopic (exact) mass is 789 g/mol. The summed E-state index contributed by atoms with van der Waals surface area (Å²) in [5, 5.41) is 23.9. The van der Waals surface area contributed by atoms with Crippen LogP contribution in [0.15, 0.2) is 92.1 Å². The Bertz CT molecular complexity index is 2390. The third-order valence-corrected chi connectivity index (χ3v) is 8.51. The van der Waals surface area contributed by atoms with E-state index in [1.165, 1.54) is 12.1 Å². The molecule has 5 rings (SSSR count). The number of rotatable bonds is 9. The molecule has 51 heavy (non-hydrogen) atoms. The molecule has 0 aliphatic rings. The number of aryl methyl sites for hydroxylation is 4. The van der Waals surface area contributed by atoms with E-state index < -0.39 is 25.6 Å². The maximum Gasteiger partial charge on any atom is 0.425 e. The summed E-state index contributed by atoms with van der Waals surface area (Å²) in [6.45, 7) is 7.55. The summed E-state index contributed by atoms with van der Waals surface area (Å²) >= 11 is 18.1. The minimum absolute atomic E-state index is 0.0141. The van der Waals surface area contributed by atoms with E-state index in [9.17, 15) is 13.0 Å². The van der Waals surface area contributed by atoms with E-state index in [0.717, 1.165) is 34.0 Å². The van der Waals surface area contributed by atoms with Gasteiger partial charge in [-0.3, -0.25) is 4.55 Å². The fourth-order valence-electron chi connectivity index (χ4n) is 4.27. The largest absolute Gasteiger partial charge is 0.425 e. The number of aromatic nitrogens is 3. The smallest absolute Gasteiger partial charge is 0.324 e. The highest BCUT2D eigenvalue weighted by atomic mass is 35.5. The van der Waals surface area contributed by atoms with Crippen LogP contribution < -0.4 is 10.6 Å². The molecule has 0 amide bonds. The van der Waals surface area contributed by atoms with E-state index in [1.54, 1.807) is 30.3 Å². The Morgan fingerprint density at radius 3 is 1.55 bits per heavy atom. The number of halogens is 3. The molecule has 0 aliphatic heterocycles. The normalized spacial score (nSPS) is 11.4. The lowest BCUT2D eigenvalue weighted by atomic mass is 10.1. The van der Waals surface area contributed by atoms with Crippen LogP contribution in [0, 0.1) is 27.7 Å². The predicted molar refractivity (Wildman–Crippen MR) is 194 cm³/mol. The number of azo groups is 2. The van der Waals surface area contributed by atoms with Crippen molar-refractivity contribution < 1.29 is 25.6 Å². The highest BCUT2D eigenvalue weighted by Crippen LogP contribution is 2.33. The number of benzene rings is 4. The molecule has 1 aromatic heterocycles. The van der Waals surface area contributed by atoms with Gasteiger partial charge in [-0.05, 0) is 128 Å². The van der Waals surface area contributed by atoms with Gasteiger partial charge >= 0.3 is 10.6 Å². The van der Waals surface area contributed by atoms with Crippen molar-refractivity contribution in [3.05, 3.63) is 104 Å². The summed E-state index contributed by atoms with van der Waals surface area (Å²) in [7, 11) is -7.62. The highest BCUT2D eigenvalue weighted by Gasteiger charge is 2.16. The molecule has 4 aromatic carbocycles. The van der Waals surface area contributed by atoms with Crippen molar-refractivity contribution in [1.29, 1.82) is 0 Å². The number of hydrogen-bond acceptors (Lipinski definition) is 14. The fourth-order valence-corrected chi connectivity index (χ4v) is 5.55. The molecular weight excluding hydrogens is 765 g/mol. The van der Waals surface area contributed by atoms with E-state index in [4.69, 9.17) is 47.4 Å². The average molecular weight is 791 g/mol. The molecule has 0 saturated heterocycles. The molecular formula is C31H26Cl3N9O6S2. The van der Waals surface area contributed by atoms with Gasteiger partial charge in [0.2, 0.25) is 17.2 Å². The van der Waals surface area contributed by atoms with Crippen molar-refractivity contribution in [3.8, 4) is 0 Å². The van der Waals surface area contributed by atoms with Gasteiger partial charge < -0.3 is 10.6 Å². The highest BCUT2D eigenvalue weighted by molar-refractivity contribution is 7.86. The summed E-state index contributed by atoms with van der Waals surface area (Å²) in [6.07, 6.45) is 0. The Kier molecular flexibility index (Phi) is 12.9. The van der Waals surface area contributed by atoms with E-state index in [2.05, 4.69) is 46.0 Å². The van der Waals surface area contributed by atoms with Gasteiger partial charge in [0.05, 0.1) is 27.8 Å². The fraction of sp³-hybridized carbons (Fsp3) is 0.129. The minimum Gasteiger partial charge on any atom is -0.324 e. The Morgan fingerprint density at radius 2 is 1.08 bits per heavy atom. The summed E-state index contributed by atoms with van der Waals surface area (Å²) in [4.78, 5) is 12.5. The number of hydrogen-bond donors (Lipinski definition) is 3. The van der Waals surface area contributed by atoms with E-state index in [-0.39, 0.29) is 27.9 Å². The molecule has 15 nitrogen and oxygen atoms in total. The van der Waals surface area contributed by atoms with E-state index >= 15 is 0 Å². The minimum atomic E-state index is -4.51. The molecule has 0 atom stereocenters. The summed E-state index contributed by atoms with van der Waals surface area (Å²) < 4.78 is 57.9. The van der Waals surface area contributed by atoms with Gasteiger partial charge in [-0.1, -0.05) is 23.2 Å². The summed E-state index contributed by atoms with van der Waals surface area (Å²) in [5.74, 6) is 0.448. The van der Waals surface area contributed by atoms with Crippen molar-refractivity contribution in [2.45, 2.75) is 32.6 Å². The lowest BCUT2D eigenvalue weighted by molar-refractivity contribution is 0.483. The number of nitrogens with zero attached hydrogens (tertiary/aromatic N) is 7. The Labute approximate surface area is 308 Å². The van der Waals surface area contributed by atoms with Crippen molar-refractivity contribution in [2.75, 3.05) is 10.6 Å². The van der Waals surface area contributed by atoms with Crippen LogP contribution in [0.3, 0.4) is 0 Å². The van der Waals surface area contributed by atoms with Gasteiger partial charge in [-0.2, -0.15) is 43.8 Å². The zero-order chi connectivity index (χ0) is 37.5. The van der Waals surface area contributed by atoms with Crippen molar-refractivity contribution in [3.63, 3.8) is 0 Å². The molecule has 0 spiro atoms. The molecule has 0 radical (unpaired) electrons. The van der Waals surface area contributed by atoms with Crippen molar-refractivity contribution >= 4 is 102 Å². The van der Waals surface area contributed by atoms with E-state index in [1.807, 2.05) is 45.9 Å². The van der Waals surface area contributed by atoms with Crippen LogP contribution in [0.2, 0.25) is 15.3 Å². The molecule has 0 bridgehead atoms. The van der Waals surface area contributed by atoms with E-state index in [0.29, 0.717) is 27.8 Å². The molecule has 0 fully saturated rings. The molecule has 264 valence electrons. The third-order valence-electron chi connectivity index (χ3n) is 6.75. The van der Waals surface area contributed by atoms with Crippen LogP contribution in [0.25, 0.3) is 0 Å². The standard InChI is InChI=1S/C31H26Cl3N9O3S.O3S/c1-16-13-26(42-40-21-7-5-20(32)6-8-21)18(3)11-24(16)35-30-37-29(34)38-31(39-30)36-25-12-19(4)27(14-17(25)2)43-41-22-9-10-23(33)28(15-22)47(44,45)46;1-4(2)3/h5-15H,1-4H3,(H,44,45,46)(H2,35,36,37,38,39);. The topological polar surface area (TPSA) is 218 Å². The van der Waals surface area contributed by atoms with Crippen molar-refractivity contribution in [1.82, 2.24) is 15.0 Å². The van der Waals surface area contributed by atoms with Crippen LogP contribution in [-0.2, 0) is 20.7 Å². The zero-order valence-corrected chi connectivity index (χ0v) is 30.8. The first kappa shape index (κ1) is 38.9. The predicted octanol–water partition coefficient (Wildman–Crippen LogP) is 9.63. The van der Waals surface area contributed by atoms with Crippen LogP contribution in [0.5, 0.6) is 0 Å². The lowest BCUT2D eigenvalue weighted by Gasteiger charge is -2.13. The van der Waals surface area contributed by atoms with Crippen molar-refractivity contribution in [2.24, 2.45) is 20.5 Å². The lowest BCUT2D eigenvalue weighted by Crippen LogP contribution is -2.05. The van der Waals surface area contributed by atoms with Crippen LogP contribution in [0.1, 0.15) is 22.3 Å². The summed E-state index contributed by atoms with van der Waals surface area (Å²) in [6, 6.07) is 18.5. The number of anilines is 4. The van der Waals surface area contributed by atoms with Gasteiger partial charge in [-0.25, -0.2) is 0 Å². The van der Waals surface area contributed by atoms with Gasteiger partial charge in [0.1, 0.15) is 4.90 Å². The van der Waals surface area contributed by atoms with Crippen LogP contribution in [0.4, 0.5) is 46.0 Å². The molecule has 20 heteroatoms. The molecule has 0 unspecified atom stereocenters. The second-order valence-electron chi connectivity index (χ2n) is 10.6. The SMILES string of the molecule is Cc1cc(Nc2nc(Cl)nc(Nc3cc(C)c(N=Nc4ccc(Cl)c(S(=O)(=O)O)c4)cc3C)n2)c(C)cc1N=Nc1ccc(Cl)cc1.O=S(=O)=O. The van der Waals surface area contributed by atoms with Gasteiger partial charge in [-0.15, -0.1) is 12.6 Å². The van der Waals surface area contributed by atoms with Crippen LogP contribution >= 0.6 is 34.8 Å². The second kappa shape index (κ2) is 16.9. The molecule has 3 N–H and O–H groups in total. The molecule has 1 heterocycles. The Morgan fingerprint density at radius 1 is 0.627 bits per heavy atom. The summed E-state index contributed by atoms with van der Waals surface area (Å²) in [5.41, 5.74) is 6.89. The van der Waals surface area contributed by atoms with Gasteiger partial charge in [0.25, 0.3) is 10.1 Å². The Balaban J connectivity index is 0.00000138. The first-order valence-electron chi connectivity index (χ1n) is 14.3. The molecule has 0 saturated carbocycles. The average Bonchev–Trinajstić information content (AvgIpc) is 3.03. The first-order valence-corrected chi connectivity index (χ1v) is 17.9. The molecule has 5 aromatic rings. The molecule has 0 aliphatic carbocycles. The number of nitrogens with one attached hydrogen (secondary N) is 2. The maximum atomic E-state index is 11.6. The van der Waals surface area contributed by atoms with Gasteiger partial charge in [0, 0.05) is 16.4 Å². The van der Waals surface area contributed by atoms with Gasteiger partial charge in [0.15, 0.2) is 0 Å². The zero-order valence-electron chi connectivity index (χ0n) is 26.9. The second-order valence-corrected chi connectivity index (χ2v) is 13.6. The maximum absolute atomic E-state index is 11.6. The third kappa shape index (κ3) is 11.3. The van der Waals surface area contributed by atoms with Crippen LogP contribution in [-0.4, -0.2) is 40.5 Å². The first-order chi connectivity index (χ1) is 24.0. The quantitative estimate of drug-likeness (QED) is 0.0943. The Hall–Kier alpha value is -4.91.